The predicted molar refractivity (Wildman–Crippen MR) is 99.7 cm³/mol. The molecule has 1 aromatic heterocycles. The van der Waals surface area contributed by atoms with E-state index in [-0.39, 0.29) is 6.17 Å². The zero-order valence-electron chi connectivity index (χ0n) is 14.5. The van der Waals surface area contributed by atoms with Crippen LogP contribution in [0.3, 0.4) is 0 Å². The van der Waals surface area contributed by atoms with E-state index in [2.05, 4.69) is 84.4 Å². The highest BCUT2D eigenvalue weighted by molar-refractivity contribution is 5.79. The van der Waals surface area contributed by atoms with Crippen molar-refractivity contribution in [3.05, 3.63) is 65.4 Å². The van der Waals surface area contributed by atoms with Crippen LogP contribution in [-0.4, -0.2) is 23.9 Å². The number of aromatic nitrogens is 2. The van der Waals surface area contributed by atoms with Crippen molar-refractivity contribution >= 4 is 11.4 Å². The van der Waals surface area contributed by atoms with Crippen LogP contribution in [0.5, 0.6) is 0 Å². The van der Waals surface area contributed by atoms with Gasteiger partial charge in [0.2, 0.25) is 0 Å². The smallest absolute Gasteiger partial charge is 0.147 e. The molecular weight excluding hydrogens is 296 g/mol. The van der Waals surface area contributed by atoms with Crippen LogP contribution in [0.1, 0.15) is 23.0 Å². The van der Waals surface area contributed by atoms with Crippen LogP contribution in [0.15, 0.2) is 48.5 Å². The fourth-order valence-corrected chi connectivity index (χ4v) is 3.30. The van der Waals surface area contributed by atoms with Crippen molar-refractivity contribution in [3.63, 3.8) is 0 Å². The van der Waals surface area contributed by atoms with Gasteiger partial charge in [0.25, 0.3) is 0 Å². The van der Waals surface area contributed by atoms with E-state index in [1.54, 1.807) is 0 Å². The summed E-state index contributed by atoms with van der Waals surface area (Å²) in [5.74, 6) is 0. The molecule has 4 nitrogen and oxygen atoms in total. The maximum atomic E-state index is 4.74. The molecule has 3 aromatic rings. The number of hydrogen-bond donors (Lipinski definition) is 1. The highest BCUT2D eigenvalue weighted by Crippen LogP contribution is 2.39. The van der Waals surface area contributed by atoms with Crippen molar-refractivity contribution in [3.8, 4) is 11.3 Å². The Morgan fingerprint density at radius 3 is 2.46 bits per heavy atom. The van der Waals surface area contributed by atoms with Crippen molar-refractivity contribution < 1.29 is 0 Å². The molecule has 0 saturated carbocycles. The van der Waals surface area contributed by atoms with E-state index in [1.807, 2.05) is 6.92 Å². The third-order valence-corrected chi connectivity index (χ3v) is 4.57. The summed E-state index contributed by atoms with van der Waals surface area (Å²) in [6, 6.07) is 17.4. The van der Waals surface area contributed by atoms with Gasteiger partial charge in [-0.1, -0.05) is 23.8 Å². The summed E-state index contributed by atoms with van der Waals surface area (Å²) in [5, 5.41) is 8.38. The molecule has 0 amide bonds. The third-order valence-electron chi connectivity index (χ3n) is 4.57. The SMILES string of the molecule is Cc1ccc2c(c1)-c1cc(C)nn1[C@@H](c1ccc(N(C)C)cc1)N2. The molecule has 1 aliphatic heterocycles. The Hall–Kier alpha value is -2.75. The van der Waals surface area contributed by atoms with Crippen LogP contribution >= 0.6 is 0 Å². The minimum Gasteiger partial charge on any atom is -0.378 e. The second-order valence-electron chi connectivity index (χ2n) is 6.70. The first-order chi connectivity index (χ1) is 11.5. The van der Waals surface area contributed by atoms with Gasteiger partial charge in [0, 0.05) is 31.0 Å². The lowest BCUT2D eigenvalue weighted by Gasteiger charge is -2.29. The molecule has 4 heteroatoms. The zero-order chi connectivity index (χ0) is 16.8. The van der Waals surface area contributed by atoms with E-state index in [0.29, 0.717) is 0 Å². The largest absolute Gasteiger partial charge is 0.378 e. The summed E-state index contributed by atoms with van der Waals surface area (Å²) in [7, 11) is 4.11. The molecule has 0 saturated heterocycles. The highest BCUT2D eigenvalue weighted by atomic mass is 15.4. The normalized spacial score (nSPS) is 15.4. The summed E-state index contributed by atoms with van der Waals surface area (Å²) in [4.78, 5) is 2.11. The molecule has 0 spiro atoms. The third kappa shape index (κ3) is 2.35. The van der Waals surface area contributed by atoms with Gasteiger partial charge in [-0.3, -0.25) is 0 Å². The first-order valence-corrected chi connectivity index (χ1v) is 8.24. The Kier molecular flexibility index (Phi) is 3.34. The first-order valence-electron chi connectivity index (χ1n) is 8.24. The van der Waals surface area contributed by atoms with Gasteiger partial charge in [-0.2, -0.15) is 5.10 Å². The lowest BCUT2D eigenvalue weighted by atomic mass is 10.0. The molecular formula is C20H22N4. The highest BCUT2D eigenvalue weighted by Gasteiger charge is 2.26. The molecule has 0 bridgehead atoms. The van der Waals surface area contributed by atoms with Crippen LogP contribution in [0.4, 0.5) is 11.4 Å². The van der Waals surface area contributed by atoms with E-state index in [1.165, 1.54) is 28.1 Å². The number of aryl methyl sites for hydroxylation is 2. The molecule has 0 unspecified atom stereocenters. The lowest BCUT2D eigenvalue weighted by molar-refractivity contribution is 0.571. The molecule has 0 fully saturated rings. The maximum Gasteiger partial charge on any atom is 0.147 e. The van der Waals surface area contributed by atoms with Gasteiger partial charge >= 0.3 is 0 Å². The fourth-order valence-electron chi connectivity index (χ4n) is 3.30. The number of anilines is 2. The maximum absolute atomic E-state index is 4.74. The van der Waals surface area contributed by atoms with Crippen LogP contribution in [0.25, 0.3) is 11.3 Å². The van der Waals surface area contributed by atoms with Crippen LogP contribution in [-0.2, 0) is 0 Å². The van der Waals surface area contributed by atoms with E-state index >= 15 is 0 Å². The average Bonchev–Trinajstić information content (AvgIpc) is 2.96. The Bertz CT molecular complexity index is 891. The van der Waals surface area contributed by atoms with Crippen molar-refractivity contribution in [2.24, 2.45) is 0 Å². The first kappa shape index (κ1) is 14.8. The molecule has 2 aromatic carbocycles. The van der Waals surface area contributed by atoms with E-state index < -0.39 is 0 Å². The summed E-state index contributed by atoms with van der Waals surface area (Å²) in [6.07, 6.45) is 0.0140. The summed E-state index contributed by atoms with van der Waals surface area (Å²) < 4.78 is 2.10. The molecule has 2 heterocycles. The minimum absolute atomic E-state index is 0.0140. The van der Waals surface area contributed by atoms with Crippen LogP contribution < -0.4 is 10.2 Å². The molecule has 4 rings (SSSR count). The van der Waals surface area contributed by atoms with Crippen molar-refractivity contribution in [1.82, 2.24) is 9.78 Å². The molecule has 24 heavy (non-hydrogen) atoms. The summed E-state index contributed by atoms with van der Waals surface area (Å²) >= 11 is 0. The number of hydrogen-bond acceptors (Lipinski definition) is 3. The van der Waals surface area contributed by atoms with Gasteiger partial charge in [0.1, 0.15) is 6.17 Å². The van der Waals surface area contributed by atoms with Crippen LogP contribution in [0, 0.1) is 13.8 Å². The molecule has 1 aliphatic rings. The van der Waals surface area contributed by atoms with Gasteiger partial charge in [-0.25, -0.2) is 4.68 Å². The monoisotopic (exact) mass is 318 g/mol. The lowest BCUT2D eigenvalue weighted by Crippen LogP contribution is -2.25. The Labute approximate surface area is 142 Å². The Morgan fingerprint density at radius 1 is 1.00 bits per heavy atom. The average molecular weight is 318 g/mol. The van der Waals surface area contributed by atoms with Gasteiger partial charge in [-0.15, -0.1) is 0 Å². The summed E-state index contributed by atoms with van der Waals surface area (Å²) in [6.45, 7) is 4.17. The number of rotatable bonds is 2. The molecule has 1 atom stereocenters. The van der Waals surface area contributed by atoms with Gasteiger partial charge in [0.05, 0.1) is 11.4 Å². The number of benzene rings is 2. The quantitative estimate of drug-likeness (QED) is 0.768. The second-order valence-corrected chi connectivity index (χ2v) is 6.70. The van der Waals surface area contributed by atoms with Gasteiger partial charge in [-0.05, 0) is 49.7 Å². The second kappa shape index (κ2) is 5.41. The number of fused-ring (bicyclic) bond motifs is 3. The van der Waals surface area contributed by atoms with E-state index in [0.717, 1.165) is 11.4 Å². The topological polar surface area (TPSA) is 33.1 Å². The van der Waals surface area contributed by atoms with Crippen LogP contribution in [0.2, 0.25) is 0 Å². The van der Waals surface area contributed by atoms with Gasteiger partial charge in [0.15, 0.2) is 0 Å². The standard InChI is InChI=1S/C20H22N4/c1-13-5-10-18-17(11-13)19-12-14(2)22-24(19)20(21-18)15-6-8-16(9-7-15)23(3)4/h5-12,20-21H,1-4H3/t20-/m0/s1. The molecule has 1 N–H and O–H groups in total. The summed E-state index contributed by atoms with van der Waals surface area (Å²) in [5.41, 5.74) is 8.25. The van der Waals surface area contributed by atoms with E-state index in [9.17, 15) is 0 Å². The number of nitrogens with zero attached hydrogens (tertiary/aromatic N) is 3. The van der Waals surface area contributed by atoms with E-state index in [4.69, 9.17) is 5.10 Å². The molecule has 0 aliphatic carbocycles. The molecule has 122 valence electrons. The minimum atomic E-state index is 0.0140. The predicted octanol–water partition coefficient (Wildman–Crippen LogP) is 4.21. The van der Waals surface area contributed by atoms with Crippen molar-refractivity contribution in [1.29, 1.82) is 0 Å². The fraction of sp³-hybridized carbons (Fsp3) is 0.250. The van der Waals surface area contributed by atoms with Crippen molar-refractivity contribution in [2.45, 2.75) is 20.0 Å². The zero-order valence-corrected chi connectivity index (χ0v) is 14.5. The van der Waals surface area contributed by atoms with Gasteiger partial charge < -0.3 is 10.2 Å². The Balaban J connectivity index is 1.82. The molecule has 0 radical (unpaired) electrons. The van der Waals surface area contributed by atoms with Crippen molar-refractivity contribution in [2.75, 3.05) is 24.3 Å². The number of nitrogens with one attached hydrogen (secondary N) is 1. The Morgan fingerprint density at radius 2 is 1.75 bits per heavy atom.